The summed E-state index contributed by atoms with van der Waals surface area (Å²) in [6.07, 6.45) is 1.13. The highest BCUT2D eigenvalue weighted by Gasteiger charge is 2.31. The Balaban J connectivity index is 1.59. The molecule has 0 unspecified atom stereocenters. The van der Waals surface area contributed by atoms with Crippen LogP contribution in [0.5, 0.6) is 5.75 Å². The molecule has 0 aliphatic heterocycles. The van der Waals surface area contributed by atoms with E-state index < -0.39 is 6.36 Å². The van der Waals surface area contributed by atoms with Crippen molar-refractivity contribution >= 4 is 23.2 Å². The molecule has 1 aliphatic carbocycles. The standard InChI is InChI=1S/C29H27ClF3N3O2/c1-35(19-34)27-13-12-24(30)17-26(27)28(37)36(18-21-8-10-23(11-9-21)22-5-3-6-22)15-14-20-4-2-7-25(16-20)38-29(31,32)33/h2,4,7-13,16-17,22H,3,5-6,14-15,18H2,1H3. The number of rotatable bonds is 9. The average Bonchev–Trinajstić information content (AvgIpc) is 2.84. The van der Waals surface area contributed by atoms with Crippen LogP contribution in [0.2, 0.25) is 5.02 Å². The molecule has 1 aliphatic rings. The van der Waals surface area contributed by atoms with Crippen molar-refractivity contribution in [3.8, 4) is 11.9 Å². The van der Waals surface area contributed by atoms with Gasteiger partial charge in [0.1, 0.15) is 5.75 Å². The molecule has 1 amide bonds. The number of ether oxygens (including phenoxy) is 1. The van der Waals surface area contributed by atoms with Crippen LogP contribution in [-0.4, -0.2) is 30.8 Å². The fourth-order valence-corrected chi connectivity index (χ4v) is 4.64. The molecule has 0 atom stereocenters. The van der Waals surface area contributed by atoms with Gasteiger partial charge in [-0.15, -0.1) is 13.2 Å². The second-order valence-corrected chi connectivity index (χ2v) is 9.80. The van der Waals surface area contributed by atoms with E-state index in [4.69, 9.17) is 11.6 Å². The van der Waals surface area contributed by atoms with Gasteiger partial charge in [0.15, 0.2) is 6.19 Å². The van der Waals surface area contributed by atoms with Gasteiger partial charge in [0, 0.05) is 25.2 Å². The van der Waals surface area contributed by atoms with Crippen LogP contribution in [0.1, 0.15) is 52.2 Å². The Morgan fingerprint density at radius 2 is 1.82 bits per heavy atom. The molecule has 198 valence electrons. The third kappa shape index (κ3) is 6.99. The van der Waals surface area contributed by atoms with E-state index in [0.717, 1.165) is 5.56 Å². The number of amides is 1. The number of benzene rings is 3. The lowest BCUT2D eigenvalue weighted by molar-refractivity contribution is -0.274. The Bertz CT molecular complexity index is 1320. The predicted octanol–water partition coefficient (Wildman–Crippen LogP) is 7.31. The first-order chi connectivity index (χ1) is 18.1. The Kier molecular flexibility index (Phi) is 8.48. The van der Waals surface area contributed by atoms with Gasteiger partial charge in [-0.25, -0.2) is 0 Å². The van der Waals surface area contributed by atoms with E-state index in [-0.39, 0.29) is 30.3 Å². The number of anilines is 1. The van der Waals surface area contributed by atoms with E-state index in [9.17, 15) is 23.2 Å². The van der Waals surface area contributed by atoms with Gasteiger partial charge in [-0.3, -0.25) is 9.69 Å². The largest absolute Gasteiger partial charge is 0.573 e. The maximum absolute atomic E-state index is 13.8. The maximum atomic E-state index is 13.8. The van der Waals surface area contributed by atoms with Crippen molar-refractivity contribution in [3.63, 3.8) is 0 Å². The van der Waals surface area contributed by atoms with Gasteiger partial charge in [0.2, 0.25) is 0 Å². The van der Waals surface area contributed by atoms with Crippen LogP contribution in [-0.2, 0) is 13.0 Å². The van der Waals surface area contributed by atoms with Crippen LogP contribution in [0.3, 0.4) is 0 Å². The molecule has 3 aromatic carbocycles. The molecule has 4 rings (SSSR count). The summed E-state index contributed by atoms with van der Waals surface area (Å²) in [4.78, 5) is 16.7. The van der Waals surface area contributed by atoms with Gasteiger partial charge < -0.3 is 9.64 Å². The van der Waals surface area contributed by atoms with E-state index in [1.807, 2.05) is 18.3 Å². The van der Waals surface area contributed by atoms with E-state index in [0.29, 0.717) is 28.6 Å². The molecule has 3 aromatic rings. The predicted molar refractivity (Wildman–Crippen MR) is 140 cm³/mol. The van der Waals surface area contributed by atoms with Gasteiger partial charge in [0.25, 0.3) is 5.91 Å². The average molecular weight is 542 g/mol. The minimum Gasteiger partial charge on any atom is -0.406 e. The lowest BCUT2D eigenvalue weighted by Crippen LogP contribution is -2.33. The van der Waals surface area contributed by atoms with Crippen LogP contribution in [0.25, 0.3) is 0 Å². The molecule has 1 saturated carbocycles. The topological polar surface area (TPSA) is 56.6 Å². The van der Waals surface area contributed by atoms with Crippen LogP contribution < -0.4 is 9.64 Å². The SMILES string of the molecule is CN(C#N)c1ccc(Cl)cc1C(=O)N(CCc1cccc(OC(F)(F)F)c1)Cc1ccc(C2CCC2)cc1. The molecule has 0 bridgehead atoms. The fraction of sp³-hybridized carbons (Fsp3) is 0.310. The quantitative estimate of drug-likeness (QED) is 0.210. The smallest absolute Gasteiger partial charge is 0.406 e. The van der Waals surface area contributed by atoms with Crippen molar-refractivity contribution in [2.45, 2.75) is 44.5 Å². The maximum Gasteiger partial charge on any atom is 0.573 e. The van der Waals surface area contributed by atoms with Gasteiger partial charge in [0.05, 0.1) is 11.3 Å². The van der Waals surface area contributed by atoms with Gasteiger partial charge in [-0.2, -0.15) is 5.26 Å². The summed E-state index contributed by atoms with van der Waals surface area (Å²) in [7, 11) is 1.55. The Morgan fingerprint density at radius 1 is 1.08 bits per heavy atom. The van der Waals surface area contributed by atoms with Crippen molar-refractivity contribution < 1.29 is 22.7 Å². The monoisotopic (exact) mass is 541 g/mol. The van der Waals surface area contributed by atoms with Crippen molar-refractivity contribution in [3.05, 3.63) is 94.0 Å². The van der Waals surface area contributed by atoms with Gasteiger partial charge in [-0.05, 0) is 72.2 Å². The van der Waals surface area contributed by atoms with E-state index in [1.54, 1.807) is 30.1 Å². The van der Waals surface area contributed by atoms with E-state index in [2.05, 4.69) is 16.9 Å². The zero-order valence-electron chi connectivity index (χ0n) is 20.8. The Hall–Kier alpha value is -3.70. The first-order valence-corrected chi connectivity index (χ1v) is 12.7. The van der Waals surface area contributed by atoms with Crippen LogP contribution in [0.4, 0.5) is 18.9 Å². The normalized spacial score (nSPS) is 13.4. The van der Waals surface area contributed by atoms with Crippen LogP contribution in [0.15, 0.2) is 66.7 Å². The summed E-state index contributed by atoms with van der Waals surface area (Å²) in [5, 5.41) is 9.77. The van der Waals surface area contributed by atoms with Crippen LogP contribution >= 0.6 is 11.6 Å². The van der Waals surface area contributed by atoms with E-state index in [1.165, 1.54) is 54.0 Å². The third-order valence-electron chi connectivity index (χ3n) is 6.72. The van der Waals surface area contributed by atoms with Crippen molar-refractivity contribution in [2.24, 2.45) is 0 Å². The fourth-order valence-electron chi connectivity index (χ4n) is 4.47. The number of halogens is 4. The van der Waals surface area contributed by atoms with Gasteiger partial charge >= 0.3 is 6.36 Å². The molecule has 0 heterocycles. The number of nitriles is 1. The number of carbonyl (C=O) groups is 1. The number of nitrogens with zero attached hydrogens (tertiary/aromatic N) is 3. The molecule has 0 aromatic heterocycles. The Labute approximate surface area is 225 Å². The lowest BCUT2D eigenvalue weighted by atomic mass is 9.80. The summed E-state index contributed by atoms with van der Waals surface area (Å²) < 4.78 is 42.1. The minimum absolute atomic E-state index is 0.223. The summed E-state index contributed by atoms with van der Waals surface area (Å²) in [6.45, 7) is 0.506. The highest BCUT2D eigenvalue weighted by molar-refractivity contribution is 6.31. The number of alkyl halides is 3. The summed E-state index contributed by atoms with van der Waals surface area (Å²) in [6, 6.07) is 18.7. The number of hydrogen-bond acceptors (Lipinski definition) is 4. The molecule has 0 radical (unpaired) electrons. The van der Waals surface area contributed by atoms with Crippen molar-refractivity contribution in [2.75, 3.05) is 18.5 Å². The molecular weight excluding hydrogens is 515 g/mol. The molecule has 38 heavy (non-hydrogen) atoms. The number of carbonyl (C=O) groups excluding carboxylic acids is 1. The zero-order valence-corrected chi connectivity index (χ0v) is 21.6. The highest BCUT2D eigenvalue weighted by Crippen LogP contribution is 2.36. The Morgan fingerprint density at radius 3 is 2.45 bits per heavy atom. The summed E-state index contributed by atoms with van der Waals surface area (Å²) in [5.41, 5.74) is 3.47. The zero-order chi connectivity index (χ0) is 27.3. The third-order valence-corrected chi connectivity index (χ3v) is 6.95. The molecule has 0 spiro atoms. The molecule has 9 heteroatoms. The molecule has 0 saturated heterocycles. The molecular formula is C29H27ClF3N3O2. The minimum atomic E-state index is -4.79. The van der Waals surface area contributed by atoms with Crippen LogP contribution in [0, 0.1) is 11.5 Å². The first-order valence-electron chi connectivity index (χ1n) is 12.3. The van der Waals surface area contributed by atoms with Crippen molar-refractivity contribution in [1.82, 2.24) is 4.90 Å². The number of hydrogen-bond donors (Lipinski definition) is 0. The highest BCUT2D eigenvalue weighted by atomic mass is 35.5. The molecule has 5 nitrogen and oxygen atoms in total. The first kappa shape index (κ1) is 27.3. The molecule has 1 fully saturated rings. The second-order valence-electron chi connectivity index (χ2n) is 9.36. The van der Waals surface area contributed by atoms with Gasteiger partial charge in [-0.1, -0.05) is 54.4 Å². The molecule has 0 N–H and O–H groups in total. The second kappa shape index (κ2) is 11.8. The lowest BCUT2D eigenvalue weighted by Gasteiger charge is -2.27. The van der Waals surface area contributed by atoms with Crippen molar-refractivity contribution in [1.29, 1.82) is 5.26 Å². The summed E-state index contributed by atoms with van der Waals surface area (Å²) >= 11 is 6.21. The van der Waals surface area contributed by atoms with E-state index >= 15 is 0 Å². The summed E-state index contributed by atoms with van der Waals surface area (Å²) in [5.74, 6) is -0.0638.